The Hall–Kier alpha value is -3.54. The fourth-order valence-electron chi connectivity index (χ4n) is 6.05. The maximum Gasteiger partial charge on any atom is 0.264 e. The van der Waals surface area contributed by atoms with Crippen molar-refractivity contribution in [3.8, 4) is 5.69 Å². The molecular formula is C29H38N8O3. The van der Waals surface area contributed by atoms with Gasteiger partial charge in [-0.2, -0.15) is 5.10 Å². The number of carbonyl (C=O) groups is 1. The topological polar surface area (TPSA) is 103 Å². The van der Waals surface area contributed by atoms with Gasteiger partial charge >= 0.3 is 0 Å². The van der Waals surface area contributed by atoms with E-state index in [1.54, 1.807) is 10.9 Å². The van der Waals surface area contributed by atoms with Crippen LogP contribution < -0.4 is 10.5 Å². The number of likely N-dealkylation sites (tertiary alicyclic amines) is 2. The molecule has 1 atom stereocenters. The minimum absolute atomic E-state index is 0.0852. The van der Waals surface area contributed by atoms with Crippen LogP contribution in [0.4, 0.5) is 5.69 Å². The van der Waals surface area contributed by atoms with Crippen LogP contribution in [0.15, 0.2) is 54.2 Å². The van der Waals surface area contributed by atoms with E-state index < -0.39 is 5.60 Å². The van der Waals surface area contributed by atoms with Crippen LogP contribution in [0.3, 0.4) is 0 Å². The summed E-state index contributed by atoms with van der Waals surface area (Å²) in [5.74, 6) is 0.124. The molecule has 0 bridgehead atoms. The SMILES string of the molecule is C=CCN1CCC1C(=O)N1CCC(O)(Cn2cnc3c(cnn3-c3ccc(N4CCN(C)CC4)cc3)c2=O)CC1. The van der Waals surface area contributed by atoms with Crippen molar-refractivity contribution in [1.29, 1.82) is 0 Å². The largest absolute Gasteiger partial charge is 0.388 e. The first-order valence-electron chi connectivity index (χ1n) is 14.2. The third-order valence-electron chi connectivity index (χ3n) is 8.77. The molecule has 1 amide bonds. The first-order valence-corrected chi connectivity index (χ1v) is 14.2. The highest BCUT2D eigenvalue weighted by Gasteiger charge is 2.40. The van der Waals surface area contributed by atoms with Crippen LogP contribution in [-0.4, -0.2) is 116 Å². The second kappa shape index (κ2) is 10.8. The molecule has 0 radical (unpaired) electrons. The summed E-state index contributed by atoms with van der Waals surface area (Å²) in [7, 11) is 2.14. The number of nitrogens with zero attached hydrogens (tertiary/aromatic N) is 8. The van der Waals surface area contributed by atoms with Gasteiger partial charge in [-0.15, -0.1) is 6.58 Å². The molecule has 3 aliphatic heterocycles. The number of hydrogen-bond donors (Lipinski definition) is 1. The van der Waals surface area contributed by atoms with E-state index >= 15 is 0 Å². The molecule has 3 saturated heterocycles. The average Bonchev–Trinajstić information content (AvgIpc) is 3.38. The van der Waals surface area contributed by atoms with Gasteiger partial charge < -0.3 is 19.8 Å². The van der Waals surface area contributed by atoms with Crippen LogP contribution in [-0.2, 0) is 11.3 Å². The Morgan fingerprint density at radius 2 is 1.77 bits per heavy atom. The van der Waals surface area contributed by atoms with Crippen molar-refractivity contribution in [2.75, 3.05) is 64.3 Å². The molecule has 5 heterocycles. The Kier molecular flexibility index (Phi) is 7.20. The standard InChI is InChI=1S/C29H38N8O3/c1-3-11-34-12-8-25(34)28(39)35-13-9-29(40,10-14-35)20-36-21-30-26-24(27(36)38)19-31-37(26)23-6-4-22(5-7-23)33-17-15-32(2)16-18-33/h3-7,19,21,25,40H,1,8-18,20H2,2H3. The highest BCUT2D eigenvalue weighted by atomic mass is 16.3. The van der Waals surface area contributed by atoms with Crippen LogP contribution in [0.2, 0.25) is 0 Å². The summed E-state index contributed by atoms with van der Waals surface area (Å²) in [5, 5.41) is 16.2. The number of aliphatic hydroxyl groups is 1. The number of piperazine rings is 1. The summed E-state index contributed by atoms with van der Waals surface area (Å²) in [4.78, 5) is 39.5. The Bertz CT molecular complexity index is 1430. The predicted octanol–water partition coefficient (Wildman–Crippen LogP) is 0.948. The zero-order chi connectivity index (χ0) is 27.9. The zero-order valence-corrected chi connectivity index (χ0v) is 23.2. The number of fused-ring (bicyclic) bond motifs is 1. The van der Waals surface area contributed by atoms with E-state index in [2.05, 4.69) is 50.5 Å². The molecule has 0 saturated carbocycles. The Morgan fingerprint density at radius 1 is 1.07 bits per heavy atom. The zero-order valence-electron chi connectivity index (χ0n) is 23.2. The van der Waals surface area contributed by atoms with Gasteiger partial charge in [-0.1, -0.05) is 6.08 Å². The second-order valence-corrected chi connectivity index (χ2v) is 11.4. The fraction of sp³-hybridized carbons (Fsp3) is 0.517. The van der Waals surface area contributed by atoms with Crippen molar-refractivity contribution in [1.82, 2.24) is 34.0 Å². The van der Waals surface area contributed by atoms with Gasteiger partial charge in [-0.05, 0) is 50.6 Å². The lowest BCUT2D eigenvalue weighted by Crippen LogP contribution is -2.59. The van der Waals surface area contributed by atoms with Gasteiger partial charge in [-0.25, -0.2) is 9.67 Å². The Morgan fingerprint density at radius 3 is 2.42 bits per heavy atom. The Labute approximate surface area is 233 Å². The van der Waals surface area contributed by atoms with Gasteiger partial charge in [0.15, 0.2) is 5.65 Å². The van der Waals surface area contributed by atoms with Crippen molar-refractivity contribution in [2.24, 2.45) is 0 Å². The van der Waals surface area contributed by atoms with Gasteiger partial charge in [0.2, 0.25) is 5.91 Å². The maximum absolute atomic E-state index is 13.4. The van der Waals surface area contributed by atoms with Gasteiger partial charge in [-0.3, -0.25) is 19.1 Å². The summed E-state index contributed by atoms with van der Waals surface area (Å²) in [6.45, 7) is 10.6. The molecule has 1 N–H and O–H groups in total. The summed E-state index contributed by atoms with van der Waals surface area (Å²) in [6, 6.07) is 8.10. The Balaban J connectivity index is 1.12. The van der Waals surface area contributed by atoms with Crippen molar-refractivity contribution in [3.05, 3.63) is 59.8 Å². The molecule has 3 aromatic rings. The molecule has 212 valence electrons. The van der Waals surface area contributed by atoms with Crippen molar-refractivity contribution in [2.45, 2.75) is 37.5 Å². The summed E-state index contributed by atoms with van der Waals surface area (Å²) in [6.07, 6.45) is 6.56. The van der Waals surface area contributed by atoms with Crippen LogP contribution in [0.25, 0.3) is 16.7 Å². The molecule has 3 fully saturated rings. The van der Waals surface area contributed by atoms with E-state index in [0.29, 0.717) is 43.5 Å². The van der Waals surface area contributed by atoms with E-state index in [-0.39, 0.29) is 24.1 Å². The lowest BCUT2D eigenvalue weighted by Gasteiger charge is -2.44. The minimum Gasteiger partial charge on any atom is -0.388 e. The number of piperidine rings is 1. The van der Waals surface area contributed by atoms with Crippen LogP contribution >= 0.6 is 0 Å². The lowest BCUT2D eigenvalue weighted by atomic mass is 9.90. The molecule has 1 unspecified atom stereocenters. The number of benzene rings is 1. The van der Waals surface area contributed by atoms with E-state index in [4.69, 9.17) is 0 Å². The molecule has 0 aliphatic carbocycles. The van der Waals surface area contributed by atoms with E-state index in [9.17, 15) is 14.7 Å². The predicted molar refractivity (Wildman–Crippen MR) is 154 cm³/mol. The lowest BCUT2D eigenvalue weighted by molar-refractivity contribution is -0.145. The van der Waals surface area contributed by atoms with Crippen LogP contribution in [0, 0.1) is 0 Å². The normalized spacial score (nSPS) is 21.9. The molecule has 3 aliphatic rings. The molecule has 11 nitrogen and oxygen atoms in total. The van der Waals surface area contributed by atoms with Crippen molar-refractivity contribution in [3.63, 3.8) is 0 Å². The van der Waals surface area contributed by atoms with Gasteiger partial charge in [0.1, 0.15) is 11.7 Å². The monoisotopic (exact) mass is 546 g/mol. The maximum atomic E-state index is 13.4. The first kappa shape index (κ1) is 26.7. The van der Waals surface area contributed by atoms with Crippen molar-refractivity contribution < 1.29 is 9.90 Å². The van der Waals surface area contributed by atoms with Gasteiger partial charge in [0.05, 0.1) is 30.1 Å². The third-order valence-corrected chi connectivity index (χ3v) is 8.77. The third kappa shape index (κ3) is 5.04. The molecule has 1 aromatic carbocycles. The number of aromatic nitrogens is 4. The summed E-state index contributed by atoms with van der Waals surface area (Å²) < 4.78 is 3.16. The number of carbonyl (C=O) groups excluding carboxylic acids is 1. The second-order valence-electron chi connectivity index (χ2n) is 11.4. The molecule has 2 aromatic heterocycles. The summed E-state index contributed by atoms with van der Waals surface area (Å²) >= 11 is 0. The quantitative estimate of drug-likeness (QED) is 0.437. The van der Waals surface area contributed by atoms with Gasteiger partial charge in [0, 0.05) is 58.0 Å². The minimum atomic E-state index is -1.08. The average molecular weight is 547 g/mol. The van der Waals surface area contributed by atoms with Crippen LogP contribution in [0.1, 0.15) is 19.3 Å². The highest BCUT2D eigenvalue weighted by molar-refractivity contribution is 5.83. The molecule has 0 spiro atoms. The van der Waals surface area contributed by atoms with E-state index in [1.165, 1.54) is 16.6 Å². The number of amides is 1. The van der Waals surface area contributed by atoms with E-state index in [0.717, 1.165) is 44.8 Å². The number of likely N-dealkylation sites (N-methyl/N-ethyl adjacent to an activating group) is 1. The van der Waals surface area contributed by atoms with E-state index in [1.807, 2.05) is 23.1 Å². The van der Waals surface area contributed by atoms with Crippen molar-refractivity contribution >= 4 is 22.6 Å². The number of anilines is 1. The smallest absolute Gasteiger partial charge is 0.264 e. The van der Waals surface area contributed by atoms with Crippen LogP contribution in [0.5, 0.6) is 0 Å². The molecule has 40 heavy (non-hydrogen) atoms. The molecule has 11 heteroatoms. The molecule has 6 rings (SSSR count). The fourth-order valence-corrected chi connectivity index (χ4v) is 6.05. The number of hydrogen-bond acceptors (Lipinski definition) is 8. The first-order chi connectivity index (χ1) is 19.3. The summed E-state index contributed by atoms with van der Waals surface area (Å²) in [5.41, 5.74) is 1.20. The molecular weight excluding hydrogens is 508 g/mol. The highest BCUT2D eigenvalue weighted by Crippen LogP contribution is 2.27. The number of rotatable bonds is 7. The van der Waals surface area contributed by atoms with Gasteiger partial charge in [0.25, 0.3) is 5.56 Å².